The van der Waals surface area contributed by atoms with E-state index in [0.717, 1.165) is 33.3 Å². The van der Waals surface area contributed by atoms with Crippen molar-refractivity contribution in [2.45, 2.75) is 6.42 Å². The standard InChI is InChI=1S/C18H14Cl2O/c19-16-6-4-13(5-7-16)2-1-3-14-10-15-11-17(20)8-9-18(15)21-12-14/h1-9,11H,10,12H2/b2-1+,14-3-. The van der Waals surface area contributed by atoms with E-state index >= 15 is 0 Å². The number of fused-ring (bicyclic) bond motifs is 1. The van der Waals surface area contributed by atoms with E-state index in [1.54, 1.807) is 0 Å². The maximum Gasteiger partial charge on any atom is 0.123 e. The number of ether oxygens (including phenoxy) is 1. The molecule has 0 amide bonds. The number of hydrogen-bond donors (Lipinski definition) is 0. The van der Waals surface area contributed by atoms with Crippen molar-refractivity contribution < 1.29 is 4.74 Å². The SMILES string of the molecule is Clc1ccc(/C=C/C=C2\COc3ccc(Cl)cc3C2)cc1. The first kappa shape index (κ1) is 14.2. The van der Waals surface area contributed by atoms with Gasteiger partial charge in [-0.1, -0.05) is 53.6 Å². The van der Waals surface area contributed by atoms with Gasteiger partial charge in [0.25, 0.3) is 0 Å². The molecule has 1 aliphatic heterocycles. The average Bonchev–Trinajstić information content (AvgIpc) is 2.49. The smallest absolute Gasteiger partial charge is 0.123 e. The molecule has 0 atom stereocenters. The van der Waals surface area contributed by atoms with Gasteiger partial charge in [-0.05, 0) is 47.0 Å². The third-order valence-corrected chi connectivity index (χ3v) is 3.83. The van der Waals surface area contributed by atoms with Gasteiger partial charge in [-0.3, -0.25) is 0 Å². The van der Waals surface area contributed by atoms with Crippen LogP contribution in [0.25, 0.3) is 6.08 Å². The van der Waals surface area contributed by atoms with Gasteiger partial charge in [-0.2, -0.15) is 0 Å². The second-order valence-electron chi connectivity index (χ2n) is 4.95. The molecule has 0 saturated heterocycles. The van der Waals surface area contributed by atoms with Gasteiger partial charge in [-0.25, -0.2) is 0 Å². The topological polar surface area (TPSA) is 9.23 Å². The number of benzene rings is 2. The van der Waals surface area contributed by atoms with E-state index < -0.39 is 0 Å². The molecule has 106 valence electrons. The summed E-state index contributed by atoms with van der Waals surface area (Å²) in [5.41, 5.74) is 3.49. The Kier molecular flexibility index (Phi) is 4.33. The first-order chi connectivity index (χ1) is 10.2. The maximum absolute atomic E-state index is 6.02. The zero-order valence-corrected chi connectivity index (χ0v) is 12.9. The molecule has 0 saturated carbocycles. The third kappa shape index (κ3) is 3.69. The molecule has 3 rings (SSSR count). The second kappa shape index (κ2) is 6.38. The molecule has 0 spiro atoms. The van der Waals surface area contributed by atoms with Crippen LogP contribution in [0.1, 0.15) is 11.1 Å². The summed E-state index contributed by atoms with van der Waals surface area (Å²) in [5.74, 6) is 0.929. The Morgan fingerprint density at radius 1 is 0.952 bits per heavy atom. The predicted molar refractivity (Wildman–Crippen MR) is 89.2 cm³/mol. The Labute approximate surface area is 134 Å². The number of rotatable bonds is 2. The van der Waals surface area contributed by atoms with E-state index in [-0.39, 0.29) is 0 Å². The molecule has 2 aromatic rings. The quantitative estimate of drug-likeness (QED) is 0.704. The van der Waals surface area contributed by atoms with Gasteiger partial charge in [0, 0.05) is 16.5 Å². The van der Waals surface area contributed by atoms with Crippen molar-refractivity contribution in [2.75, 3.05) is 6.61 Å². The van der Waals surface area contributed by atoms with Gasteiger partial charge in [0.1, 0.15) is 12.4 Å². The van der Waals surface area contributed by atoms with Crippen LogP contribution in [0.4, 0.5) is 0 Å². The van der Waals surface area contributed by atoms with E-state index in [0.29, 0.717) is 6.61 Å². The third-order valence-electron chi connectivity index (χ3n) is 3.34. The van der Waals surface area contributed by atoms with Crippen LogP contribution >= 0.6 is 23.2 Å². The van der Waals surface area contributed by atoms with Crippen molar-refractivity contribution in [1.29, 1.82) is 0 Å². The van der Waals surface area contributed by atoms with Crippen LogP contribution in [-0.2, 0) is 6.42 Å². The zero-order valence-electron chi connectivity index (χ0n) is 11.4. The average molecular weight is 317 g/mol. The van der Waals surface area contributed by atoms with Gasteiger partial charge in [0.2, 0.25) is 0 Å². The maximum atomic E-state index is 6.02. The lowest BCUT2D eigenvalue weighted by Crippen LogP contribution is -2.11. The van der Waals surface area contributed by atoms with Gasteiger partial charge >= 0.3 is 0 Å². The summed E-state index contributed by atoms with van der Waals surface area (Å²) in [7, 11) is 0. The van der Waals surface area contributed by atoms with Crippen LogP contribution in [0.5, 0.6) is 5.75 Å². The van der Waals surface area contributed by atoms with E-state index in [2.05, 4.69) is 12.2 Å². The molecule has 0 aromatic heterocycles. The van der Waals surface area contributed by atoms with E-state index in [4.69, 9.17) is 27.9 Å². The minimum Gasteiger partial charge on any atom is -0.489 e. The van der Waals surface area contributed by atoms with Gasteiger partial charge in [0.15, 0.2) is 0 Å². The second-order valence-corrected chi connectivity index (χ2v) is 5.83. The summed E-state index contributed by atoms with van der Waals surface area (Å²) in [5, 5.41) is 1.50. The largest absolute Gasteiger partial charge is 0.489 e. The highest BCUT2D eigenvalue weighted by Gasteiger charge is 2.13. The van der Waals surface area contributed by atoms with Crippen molar-refractivity contribution in [3.63, 3.8) is 0 Å². The lowest BCUT2D eigenvalue weighted by molar-refractivity contribution is 0.332. The van der Waals surface area contributed by atoms with E-state index in [9.17, 15) is 0 Å². The van der Waals surface area contributed by atoms with Gasteiger partial charge in [-0.15, -0.1) is 0 Å². The molecule has 1 nitrogen and oxygen atoms in total. The lowest BCUT2D eigenvalue weighted by atomic mass is 10.0. The van der Waals surface area contributed by atoms with Crippen molar-refractivity contribution in [2.24, 2.45) is 0 Å². The van der Waals surface area contributed by atoms with E-state index in [1.807, 2.05) is 48.5 Å². The normalized spacial score (nSPS) is 16.0. The minimum atomic E-state index is 0.625. The molecule has 1 aliphatic rings. The molecular weight excluding hydrogens is 303 g/mol. The summed E-state index contributed by atoms with van der Waals surface area (Å²) in [6.45, 7) is 0.625. The monoisotopic (exact) mass is 316 g/mol. The summed E-state index contributed by atoms with van der Waals surface area (Å²) in [4.78, 5) is 0. The van der Waals surface area contributed by atoms with Crippen molar-refractivity contribution in [3.8, 4) is 5.75 Å². The fraction of sp³-hybridized carbons (Fsp3) is 0.111. The van der Waals surface area contributed by atoms with Crippen molar-refractivity contribution >= 4 is 29.3 Å². The molecule has 0 radical (unpaired) electrons. The van der Waals surface area contributed by atoms with Crippen LogP contribution in [0, 0.1) is 0 Å². The zero-order chi connectivity index (χ0) is 14.7. The molecule has 2 aromatic carbocycles. The molecule has 0 aliphatic carbocycles. The highest BCUT2D eigenvalue weighted by molar-refractivity contribution is 6.30. The van der Waals surface area contributed by atoms with Gasteiger partial charge in [0.05, 0.1) is 0 Å². The highest BCUT2D eigenvalue weighted by Crippen LogP contribution is 2.29. The van der Waals surface area contributed by atoms with E-state index in [1.165, 1.54) is 5.57 Å². The fourth-order valence-corrected chi connectivity index (χ4v) is 2.59. The summed E-state index contributed by atoms with van der Waals surface area (Å²) in [6, 6.07) is 13.5. The van der Waals surface area contributed by atoms with Crippen LogP contribution in [-0.4, -0.2) is 6.61 Å². The van der Waals surface area contributed by atoms with Crippen LogP contribution in [0.2, 0.25) is 10.0 Å². The van der Waals surface area contributed by atoms with Crippen molar-refractivity contribution in [3.05, 3.63) is 81.4 Å². The predicted octanol–water partition coefficient (Wildman–Crippen LogP) is 5.57. The fourth-order valence-electron chi connectivity index (χ4n) is 2.27. The molecule has 21 heavy (non-hydrogen) atoms. The summed E-state index contributed by atoms with van der Waals surface area (Å²) < 4.78 is 5.73. The van der Waals surface area contributed by atoms with Crippen LogP contribution < -0.4 is 4.74 Å². The van der Waals surface area contributed by atoms with Crippen molar-refractivity contribution in [1.82, 2.24) is 0 Å². The molecular formula is C18H14Cl2O. The molecule has 1 heterocycles. The molecule has 0 unspecified atom stereocenters. The molecule has 0 N–H and O–H groups in total. The highest BCUT2D eigenvalue weighted by atomic mass is 35.5. The van der Waals surface area contributed by atoms with Crippen LogP contribution in [0.3, 0.4) is 0 Å². The first-order valence-corrected chi connectivity index (χ1v) is 7.49. The first-order valence-electron chi connectivity index (χ1n) is 6.73. The number of hydrogen-bond acceptors (Lipinski definition) is 1. The van der Waals surface area contributed by atoms with Gasteiger partial charge < -0.3 is 4.74 Å². The summed E-state index contributed by atoms with van der Waals surface area (Å²) >= 11 is 11.9. The van der Waals surface area contributed by atoms with Crippen LogP contribution in [0.15, 0.2) is 60.2 Å². The lowest BCUT2D eigenvalue weighted by Gasteiger charge is -2.19. The number of halogens is 2. The number of allylic oxidation sites excluding steroid dienone is 2. The minimum absolute atomic E-state index is 0.625. The Morgan fingerprint density at radius 3 is 2.52 bits per heavy atom. The Morgan fingerprint density at radius 2 is 1.71 bits per heavy atom. The molecule has 3 heteroatoms. The Bertz CT molecular complexity index is 700. The Balaban J connectivity index is 1.72. The molecule has 0 fully saturated rings. The Hall–Kier alpha value is -1.70. The molecule has 0 bridgehead atoms. The summed E-state index contributed by atoms with van der Waals surface area (Å²) in [6.07, 6.45) is 7.06.